The van der Waals surface area contributed by atoms with Gasteiger partial charge in [-0.15, -0.1) is 5.10 Å². The van der Waals surface area contributed by atoms with Crippen LogP contribution in [0.1, 0.15) is 88.0 Å². The minimum absolute atomic E-state index is 0.00622. The molecular weight excluding hydrogens is 619 g/mol. The smallest absolute Gasteiger partial charge is 0.410 e. The van der Waals surface area contributed by atoms with Gasteiger partial charge >= 0.3 is 6.09 Å². The van der Waals surface area contributed by atoms with Crippen molar-refractivity contribution in [3.63, 3.8) is 0 Å². The first-order valence-electron chi connectivity index (χ1n) is 15.2. The van der Waals surface area contributed by atoms with E-state index in [0.29, 0.717) is 24.4 Å². The van der Waals surface area contributed by atoms with Crippen molar-refractivity contribution in [1.29, 1.82) is 0 Å². The second-order valence-corrected chi connectivity index (χ2v) is 14.7. The first-order chi connectivity index (χ1) is 20.5. The van der Waals surface area contributed by atoms with E-state index in [1.165, 1.54) is 10.6 Å². The Kier molecular flexibility index (Phi) is 5.79. The molecule has 3 saturated carbocycles. The summed E-state index contributed by atoms with van der Waals surface area (Å²) in [7, 11) is 0. The van der Waals surface area contributed by atoms with Crippen LogP contribution in [0.5, 0.6) is 0 Å². The predicted octanol–water partition coefficient (Wildman–Crippen LogP) is 5.08. The van der Waals surface area contributed by atoms with Gasteiger partial charge in [-0.05, 0) is 111 Å². The molecule has 5 aliphatic rings. The summed E-state index contributed by atoms with van der Waals surface area (Å²) in [6.07, 6.45) is 5.20. The predicted molar refractivity (Wildman–Crippen MR) is 159 cm³/mol. The Balaban J connectivity index is 1.16. The van der Waals surface area contributed by atoms with Gasteiger partial charge in [0.15, 0.2) is 0 Å². The number of rotatable bonds is 4. The standard InChI is InChI=1S/C31H34BrFN6O4/c1-30(2,3)43-29(42)37-11-10-31(18-7-9-22(18)37)19-13-17(19)25-24(31)26(41)39-28(35-27(32)36-39)38(25)14-23(40)34-21-8-6-16(12-20(21)33)15-4-5-15/h6,8,12,15,17-19,22H,4-5,7,9-11,13-14H2,1-3H3,(H,34,40)/t17-,18+,19+,22-,31-/m0/s1. The summed E-state index contributed by atoms with van der Waals surface area (Å²) in [5, 5.41) is 7.11. The number of ether oxygens (including phenoxy) is 1. The fourth-order valence-corrected chi connectivity index (χ4v) is 8.66. The van der Waals surface area contributed by atoms with E-state index in [1.807, 2.05) is 36.3 Å². The van der Waals surface area contributed by atoms with Crippen LogP contribution in [-0.2, 0) is 21.5 Å². The summed E-state index contributed by atoms with van der Waals surface area (Å²) in [6, 6.07) is 5.02. The summed E-state index contributed by atoms with van der Waals surface area (Å²) in [6.45, 7) is 5.99. The number of amides is 2. The van der Waals surface area contributed by atoms with Crippen molar-refractivity contribution in [3.8, 4) is 0 Å². The molecule has 1 aromatic carbocycles. The van der Waals surface area contributed by atoms with Crippen molar-refractivity contribution >= 4 is 39.4 Å². The van der Waals surface area contributed by atoms with Crippen LogP contribution in [0.25, 0.3) is 5.78 Å². The lowest BCUT2D eigenvalue weighted by atomic mass is 9.54. The maximum atomic E-state index is 14.9. The Morgan fingerprint density at radius 3 is 2.65 bits per heavy atom. The molecule has 2 amide bonds. The number of fused-ring (bicyclic) bond motifs is 8. The monoisotopic (exact) mass is 652 g/mol. The van der Waals surface area contributed by atoms with Gasteiger partial charge in [0.1, 0.15) is 18.0 Å². The number of halogens is 2. The molecule has 8 rings (SSSR count). The fraction of sp³-hybridized carbons (Fsp3) is 0.581. The molecule has 2 aromatic heterocycles. The molecule has 3 aromatic rings. The summed E-state index contributed by atoms with van der Waals surface area (Å²) < 4.78 is 24.0. The largest absolute Gasteiger partial charge is 0.444 e. The van der Waals surface area contributed by atoms with Gasteiger partial charge in [0.25, 0.3) is 5.56 Å². The van der Waals surface area contributed by atoms with Crippen LogP contribution in [0.4, 0.5) is 14.9 Å². The molecule has 0 bridgehead atoms. The first-order valence-corrected chi connectivity index (χ1v) is 16.0. The molecular formula is C31H34BrFN6O4. The Morgan fingerprint density at radius 1 is 1.19 bits per heavy atom. The lowest BCUT2D eigenvalue weighted by Crippen LogP contribution is -2.64. The zero-order valence-electron chi connectivity index (χ0n) is 24.4. The molecule has 43 heavy (non-hydrogen) atoms. The van der Waals surface area contributed by atoms with Gasteiger partial charge in [0.05, 0.1) is 5.69 Å². The van der Waals surface area contributed by atoms with Gasteiger partial charge in [0, 0.05) is 35.2 Å². The second kappa shape index (κ2) is 9.12. The highest BCUT2D eigenvalue weighted by Crippen LogP contribution is 2.72. The van der Waals surface area contributed by atoms with E-state index in [4.69, 9.17) is 4.74 Å². The minimum atomic E-state index is -0.588. The van der Waals surface area contributed by atoms with Crippen LogP contribution in [0, 0.1) is 17.7 Å². The molecule has 12 heteroatoms. The number of nitrogens with zero attached hydrogens (tertiary/aromatic N) is 5. The first kappa shape index (κ1) is 27.3. The molecule has 226 valence electrons. The second-order valence-electron chi connectivity index (χ2n) is 14.0. The molecule has 1 aliphatic heterocycles. The minimum Gasteiger partial charge on any atom is -0.444 e. The lowest BCUT2D eigenvalue weighted by molar-refractivity contribution is -0.116. The molecule has 1 spiro atoms. The number of benzene rings is 1. The van der Waals surface area contributed by atoms with Crippen LogP contribution in [-0.4, -0.2) is 54.3 Å². The maximum Gasteiger partial charge on any atom is 0.410 e. The maximum absolute atomic E-state index is 14.9. The SMILES string of the molecule is CC(C)(C)OC(=O)N1CC[C@]2(c3c(n(CC(=O)Nc4ccc(C5CC5)cc4F)c4nc(Br)nn4c3=O)[C@H]3C[C@H]32)[C@@H]2CC[C@@H]21. The summed E-state index contributed by atoms with van der Waals surface area (Å²) >= 11 is 3.32. The molecule has 0 unspecified atom stereocenters. The normalized spacial score (nSPS) is 28.7. The van der Waals surface area contributed by atoms with Gasteiger partial charge in [0.2, 0.25) is 16.4 Å². The topological polar surface area (TPSA) is 111 Å². The van der Waals surface area contributed by atoms with E-state index in [1.54, 1.807) is 6.07 Å². The van der Waals surface area contributed by atoms with Crippen LogP contribution < -0.4 is 10.9 Å². The molecule has 3 heterocycles. The van der Waals surface area contributed by atoms with Crippen molar-refractivity contribution in [2.24, 2.45) is 11.8 Å². The Morgan fingerprint density at radius 2 is 1.98 bits per heavy atom. The average molecular weight is 654 g/mol. The van der Waals surface area contributed by atoms with Gasteiger partial charge in [-0.2, -0.15) is 9.50 Å². The van der Waals surface area contributed by atoms with E-state index in [9.17, 15) is 18.8 Å². The van der Waals surface area contributed by atoms with E-state index in [0.717, 1.165) is 43.4 Å². The van der Waals surface area contributed by atoms with E-state index in [-0.39, 0.29) is 58.2 Å². The Labute approximate surface area is 256 Å². The van der Waals surface area contributed by atoms with Crippen molar-refractivity contribution < 1.29 is 18.7 Å². The molecule has 4 aliphatic carbocycles. The Bertz CT molecular complexity index is 1780. The summed E-state index contributed by atoms with van der Waals surface area (Å²) in [5.41, 5.74) is 1.47. The van der Waals surface area contributed by atoms with Gasteiger partial charge in [-0.3, -0.25) is 9.59 Å². The highest BCUT2D eigenvalue weighted by molar-refractivity contribution is 9.10. The van der Waals surface area contributed by atoms with Crippen LogP contribution in [0.3, 0.4) is 0 Å². The number of hydrogen-bond acceptors (Lipinski definition) is 6. The summed E-state index contributed by atoms with van der Waals surface area (Å²) in [5.74, 6) is 0.364. The zero-order valence-corrected chi connectivity index (χ0v) is 26.0. The molecule has 4 fully saturated rings. The van der Waals surface area contributed by atoms with Crippen LogP contribution in [0.15, 0.2) is 27.7 Å². The third-order valence-electron chi connectivity index (χ3n) is 10.3. The molecule has 10 nitrogen and oxygen atoms in total. The Hall–Kier alpha value is -3.28. The highest BCUT2D eigenvalue weighted by atomic mass is 79.9. The van der Waals surface area contributed by atoms with Gasteiger partial charge < -0.3 is 19.5 Å². The fourth-order valence-electron chi connectivity index (χ4n) is 8.35. The third-order valence-corrected chi connectivity index (χ3v) is 10.7. The summed E-state index contributed by atoms with van der Waals surface area (Å²) in [4.78, 5) is 47.1. The number of likely N-dealkylation sites (tertiary alicyclic amines) is 1. The molecule has 1 saturated heterocycles. The lowest BCUT2D eigenvalue weighted by Gasteiger charge is -2.57. The molecule has 5 atom stereocenters. The van der Waals surface area contributed by atoms with E-state index in [2.05, 4.69) is 31.3 Å². The van der Waals surface area contributed by atoms with Gasteiger partial charge in [-0.25, -0.2) is 9.18 Å². The number of aromatic nitrogens is 4. The number of nitrogens with one attached hydrogen (secondary N) is 1. The molecule has 1 N–H and O–H groups in total. The van der Waals surface area contributed by atoms with Crippen molar-refractivity contribution in [3.05, 3.63) is 55.9 Å². The quantitative estimate of drug-likeness (QED) is 0.421. The van der Waals surface area contributed by atoms with Crippen molar-refractivity contribution in [2.75, 3.05) is 11.9 Å². The van der Waals surface area contributed by atoms with E-state index >= 15 is 0 Å². The number of anilines is 1. The zero-order chi connectivity index (χ0) is 30.0. The number of piperidine rings is 1. The van der Waals surface area contributed by atoms with Crippen molar-refractivity contribution in [2.45, 2.75) is 94.7 Å². The number of hydrogen-bond donors (Lipinski definition) is 1. The highest BCUT2D eigenvalue weighted by Gasteiger charge is 2.70. The van der Waals surface area contributed by atoms with Gasteiger partial charge in [-0.1, -0.05) is 6.07 Å². The average Bonchev–Trinajstić information content (AvgIpc) is 3.83. The van der Waals surface area contributed by atoms with Crippen LogP contribution >= 0.6 is 15.9 Å². The number of carbonyl (C=O) groups excluding carboxylic acids is 2. The number of carbonyl (C=O) groups is 2. The third kappa shape index (κ3) is 4.11. The molecule has 0 radical (unpaired) electrons. The van der Waals surface area contributed by atoms with Crippen LogP contribution in [0.2, 0.25) is 0 Å². The van der Waals surface area contributed by atoms with E-state index < -0.39 is 22.7 Å². The van der Waals surface area contributed by atoms with Crippen molar-refractivity contribution in [1.82, 2.24) is 24.1 Å².